The van der Waals surface area contributed by atoms with Crippen LogP contribution in [0.2, 0.25) is 0 Å². The molecule has 4 N–H and O–H groups in total. The minimum absolute atomic E-state index is 0.0413. The Labute approximate surface area is 245 Å². The van der Waals surface area contributed by atoms with Gasteiger partial charge in [-0.25, -0.2) is 0 Å². The molecule has 0 radical (unpaired) electrons. The molecule has 0 bridgehead atoms. The lowest BCUT2D eigenvalue weighted by Crippen LogP contribution is -2.24. The topological polar surface area (TPSA) is 115 Å². The second-order valence-electron chi connectivity index (χ2n) is 11.8. The quantitative estimate of drug-likeness (QED) is 0.0902. The van der Waals surface area contributed by atoms with Crippen molar-refractivity contribution in [1.82, 2.24) is 0 Å². The Kier molecular flexibility index (Phi) is 12.6. The predicted octanol–water partition coefficient (Wildman–Crippen LogP) is 8.96. The lowest BCUT2D eigenvalue weighted by molar-refractivity contribution is 0.0970. The van der Waals surface area contributed by atoms with Crippen LogP contribution < -0.4 is 0 Å². The van der Waals surface area contributed by atoms with Crippen molar-refractivity contribution in [2.24, 2.45) is 0 Å². The maximum absolute atomic E-state index is 13.8. The fourth-order valence-electron chi connectivity index (χ4n) is 6.15. The van der Waals surface area contributed by atoms with E-state index in [4.69, 9.17) is 0 Å². The predicted molar refractivity (Wildman–Crippen MR) is 164 cm³/mol. The number of benzene rings is 2. The van der Waals surface area contributed by atoms with Crippen molar-refractivity contribution in [3.63, 3.8) is 0 Å². The molecule has 3 rings (SSSR count). The first kappa shape index (κ1) is 32.5. The molecule has 0 atom stereocenters. The van der Waals surface area contributed by atoms with Gasteiger partial charge in [0.25, 0.3) is 0 Å². The second-order valence-corrected chi connectivity index (χ2v) is 11.8. The monoisotopic (exact) mass is 566 g/mol. The van der Waals surface area contributed by atoms with Gasteiger partial charge in [-0.15, -0.1) is 0 Å². The van der Waals surface area contributed by atoms with Crippen LogP contribution in [0.25, 0.3) is 0 Å². The third-order valence-electron chi connectivity index (χ3n) is 8.58. The maximum Gasteiger partial charge on any atom is 0.202 e. The van der Waals surface area contributed by atoms with Crippen LogP contribution in [0.1, 0.15) is 165 Å². The third-order valence-corrected chi connectivity index (χ3v) is 8.58. The van der Waals surface area contributed by atoms with Crippen LogP contribution in [0.4, 0.5) is 0 Å². The van der Waals surface area contributed by atoms with Crippen molar-refractivity contribution in [1.29, 1.82) is 0 Å². The van der Waals surface area contributed by atoms with Crippen LogP contribution in [0, 0.1) is 6.92 Å². The van der Waals surface area contributed by atoms with Gasteiger partial charge >= 0.3 is 0 Å². The standard InChI is InChI=1S/C35H50O6/c1-4-6-8-10-12-14-16-18-20-24-27-29(35(41)28-26(36)22-23(3)31(37)30(28)34(27)40)33(39)25(32(24)38)21-19-17-15-13-11-9-7-5-2/h22,36-39H,4-21H2,1-3H3. The molecule has 0 saturated heterocycles. The van der Waals surface area contributed by atoms with Gasteiger partial charge in [0.2, 0.25) is 5.78 Å². The molecule has 0 saturated carbocycles. The summed E-state index contributed by atoms with van der Waals surface area (Å²) in [6.45, 7) is 5.94. The number of carbonyl (C=O) groups excluding carboxylic acids is 2. The molecule has 0 amide bonds. The van der Waals surface area contributed by atoms with E-state index in [-0.39, 0.29) is 45.1 Å². The zero-order chi connectivity index (χ0) is 29.9. The average Bonchev–Trinajstić information content (AvgIpc) is 2.94. The van der Waals surface area contributed by atoms with Crippen molar-refractivity contribution in [3.8, 4) is 23.0 Å². The Hall–Kier alpha value is -3.02. The largest absolute Gasteiger partial charge is 0.507 e. The Morgan fingerprint density at radius 1 is 0.488 bits per heavy atom. The van der Waals surface area contributed by atoms with Crippen LogP contribution in [-0.2, 0) is 12.8 Å². The van der Waals surface area contributed by atoms with Crippen LogP contribution >= 0.6 is 0 Å². The van der Waals surface area contributed by atoms with Gasteiger partial charge in [0.15, 0.2) is 5.78 Å². The summed E-state index contributed by atoms with van der Waals surface area (Å²) in [4.78, 5) is 27.5. The van der Waals surface area contributed by atoms with E-state index < -0.39 is 17.3 Å². The lowest BCUT2D eigenvalue weighted by Gasteiger charge is -2.26. The van der Waals surface area contributed by atoms with Gasteiger partial charge in [0.1, 0.15) is 23.0 Å². The van der Waals surface area contributed by atoms with E-state index in [0.29, 0.717) is 24.0 Å². The normalized spacial score (nSPS) is 12.6. The fourth-order valence-corrected chi connectivity index (χ4v) is 6.15. The summed E-state index contributed by atoms with van der Waals surface area (Å²) in [5.74, 6) is -2.61. The molecule has 0 spiro atoms. The SMILES string of the molecule is CCCCCCCCCCc1c(O)c(CCCCCCCCCC)c2c(c1O)C(=O)c1c(O)cc(C)c(O)c1C2=O. The summed E-state index contributed by atoms with van der Waals surface area (Å²) in [5, 5.41) is 44.0. The smallest absolute Gasteiger partial charge is 0.202 e. The number of aryl methyl sites for hydroxylation is 1. The van der Waals surface area contributed by atoms with Crippen molar-refractivity contribution < 1.29 is 30.0 Å². The molecule has 41 heavy (non-hydrogen) atoms. The van der Waals surface area contributed by atoms with Crippen molar-refractivity contribution in [2.75, 3.05) is 0 Å². The first-order valence-corrected chi connectivity index (χ1v) is 16.0. The summed E-state index contributed by atoms with van der Waals surface area (Å²) in [7, 11) is 0. The summed E-state index contributed by atoms with van der Waals surface area (Å²) in [6, 6.07) is 1.25. The molecule has 1 aliphatic carbocycles. The van der Waals surface area contributed by atoms with Gasteiger partial charge in [0.05, 0.1) is 16.7 Å². The molecule has 6 nitrogen and oxygen atoms in total. The van der Waals surface area contributed by atoms with Gasteiger partial charge < -0.3 is 20.4 Å². The molecular formula is C35H50O6. The molecule has 0 heterocycles. The number of ketones is 2. The van der Waals surface area contributed by atoms with Crippen molar-refractivity contribution >= 4 is 11.6 Å². The highest BCUT2D eigenvalue weighted by molar-refractivity contribution is 6.32. The molecule has 0 unspecified atom stereocenters. The number of unbranched alkanes of at least 4 members (excludes halogenated alkanes) is 14. The minimum atomic E-state index is -0.700. The van der Waals surface area contributed by atoms with Crippen LogP contribution in [0.15, 0.2) is 6.07 Å². The first-order chi connectivity index (χ1) is 19.8. The zero-order valence-corrected chi connectivity index (χ0v) is 25.4. The second kappa shape index (κ2) is 15.8. The van der Waals surface area contributed by atoms with E-state index >= 15 is 0 Å². The van der Waals surface area contributed by atoms with Crippen LogP contribution in [0.3, 0.4) is 0 Å². The van der Waals surface area contributed by atoms with Crippen molar-refractivity contribution in [2.45, 2.75) is 136 Å². The molecule has 0 fully saturated rings. The number of phenolic OH excluding ortho intramolecular Hbond substituents is 4. The fraction of sp³-hybridized carbons (Fsp3) is 0.600. The van der Waals surface area contributed by atoms with Gasteiger partial charge in [-0.2, -0.15) is 0 Å². The van der Waals surface area contributed by atoms with E-state index in [1.54, 1.807) is 6.92 Å². The maximum atomic E-state index is 13.8. The first-order valence-electron chi connectivity index (χ1n) is 16.0. The molecule has 0 aliphatic heterocycles. The van der Waals surface area contributed by atoms with Crippen molar-refractivity contribution in [3.05, 3.63) is 45.0 Å². The Morgan fingerprint density at radius 3 is 1.41 bits per heavy atom. The number of hydrogen-bond acceptors (Lipinski definition) is 6. The van der Waals surface area contributed by atoms with E-state index in [0.717, 1.165) is 51.4 Å². The number of carbonyl (C=O) groups is 2. The Balaban J connectivity index is 1.89. The minimum Gasteiger partial charge on any atom is -0.507 e. The van der Waals surface area contributed by atoms with Gasteiger partial charge in [0, 0.05) is 16.7 Å². The summed E-state index contributed by atoms with van der Waals surface area (Å²) < 4.78 is 0. The molecule has 6 heteroatoms. The molecular weight excluding hydrogens is 516 g/mol. The van der Waals surface area contributed by atoms with Gasteiger partial charge in [-0.05, 0) is 44.2 Å². The number of hydrogen-bond donors (Lipinski definition) is 4. The third kappa shape index (κ3) is 7.64. The van der Waals surface area contributed by atoms with Crippen LogP contribution in [-0.4, -0.2) is 32.0 Å². The number of phenols is 4. The zero-order valence-electron chi connectivity index (χ0n) is 25.4. The highest BCUT2D eigenvalue weighted by atomic mass is 16.3. The molecule has 0 aromatic heterocycles. The summed E-state index contributed by atoms with van der Waals surface area (Å²) in [6.07, 6.45) is 18.3. The number of fused-ring (bicyclic) bond motifs is 2. The van der Waals surface area contributed by atoms with Gasteiger partial charge in [-0.1, -0.05) is 104 Å². The van der Waals surface area contributed by atoms with Crippen LogP contribution in [0.5, 0.6) is 23.0 Å². The number of rotatable bonds is 18. The van der Waals surface area contributed by atoms with E-state index in [1.165, 1.54) is 57.4 Å². The lowest BCUT2D eigenvalue weighted by atomic mass is 9.77. The van der Waals surface area contributed by atoms with E-state index in [2.05, 4.69) is 13.8 Å². The van der Waals surface area contributed by atoms with E-state index in [1.807, 2.05) is 0 Å². The Morgan fingerprint density at radius 2 is 0.902 bits per heavy atom. The molecule has 1 aliphatic rings. The molecule has 2 aromatic carbocycles. The molecule has 226 valence electrons. The average molecular weight is 567 g/mol. The summed E-state index contributed by atoms with van der Waals surface area (Å²) >= 11 is 0. The number of aromatic hydroxyl groups is 4. The van der Waals surface area contributed by atoms with E-state index in [9.17, 15) is 30.0 Å². The molecule has 2 aromatic rings. The van der Waals surface area contributed by atoms with Gasteiger partial charge in [-0.3, -0.25) is 9.59 Å². The highest BCUT2D eigenvalue weighted by Gasteiger charge is 2.40. The Bertz CT molecular complexity index is 1210. The highest BCUT2D eigenvalue weighted by Crippen LogP contribution is 2.47. The summed E-state index contributed by atoms with van der Waals surface area (Å²) in [5.41, 5.74) is 0.181.